The third-order valence-corrected chi connectivity index (χ3v) is 16.3. The summed E-state index contributed by atoms with van der Waals surface area (Å²) in [5, 5.41) is 2.64. The zero-order chi connectivity index (χ0) is 43.7. The molecule has 3 aliphatic rings. The molecule has 0 fully saturated rings. The van der Waals surface area contributed by atoms with Gasteiger partial charge < -0.3 is 4.90 Å². The number of benzene rings is 10. The average Bonchev–Trinajstić information content (AvgIpc) is 3.95. The molecule has 1 nitrogen and oxygen atoms in total. The molecule has 1 heterocycles. The van der Waals surface area contributed by atoms with Gasteiger partial charge in [0.25, 0.3) is 0 Å². The van der Waals surface area contributed by atoms with Crippen LogP contribution in [0.4, 0.5) is 17.1 Å². The minimum Gasteiger partial charge on any atom is -0.310 e. The maximum Gasteiger partial charge on any atom is 0.0726 e. The molecule has 0 atom stereocenters. The van der Waals surface area contributed by atoms with Gasteiger partial charge in [-0.25, -0.2) is 0 Å². The fourth-order valence-corrected chi connectivity index (χ4v) is 13.5. The van der Waals surface area contributed by atoms with Gasteiger partial charge >= 0.3 is 0 Å². The molecule has 1 spiro atoms. The third kappa shape index (κ3) is 5.05. The molecule has 0 radical (unpaired) electrons. The average molecular weight is 858 g/mol. The first kappa shape index (κ1) is 37.6. The van der Waals surface area contributed by atoms with E-state index in [9.17, 15) is 0 Å². The van der Waals surface area contributed by atoms with Gasteiger partial charge in [-0.15, -0.1) is 11.3 Å². The first-order valence-electron chi connectivity index (χ1n) is 23.1. The Bertz CT molecular complexity index is 3740. The number of rotatable bonds is 4. The fourth-order valence-electron chi connectivity index (χ4n) is 12.2. The van der Waals surface area contributed by atoms with Crippen molar-refractivity contribution in [3.05, 3.63) is 258 Å². The van der Waals surface area contributed by atoms with Crippen molar-refractivity contribution < 1.29 is 0 Å². The van der Waals surface area contributed by atoms with Crippen LogP contribution in [0.3, 0.4) is 0 Å². The van der Waals surface area contributed by atoms with E-state index in [0.717, 1.165) is 17.1 Å². The van der Waals surface area contributed by atoms with Crippen molar-refractivity contribution in [1.29, 1.82) is 0 Å². The van der Waals surface area contributed by atoms with Crippen molar-refractivity contribution >= 4 is 48.6 Å². The highest BCUT2D eigenvalue weighted by Gasteiger charge is 2.50. The molecule has 0 aliphatic heterocycles. The molecule has 14 rings (SSSR count). The highest BCUT2D eigenvalue weighted by molar-refractivity contribution is 7.26. The van der Waals surface area contributed by atoms with E-state index >= 15 is 0 Å². The molecular weight excluding hydrogens is 815 g/mol. The van der Waals surface area contributed by atoms with E-state index < -0.39 is 5.41 Å². The number of hydrogen-bond acceptors (Lipinski definition) is 2. The SMILES string of the molecule is CC1(C)c2ccccc2-c2ccc(N(c3ccc(-c4cccc5c4sc4ccccc45)cc3)c3ccc4c(c3)C3(c5ccccc5-c5ccccc5-c5ccccc53)c3ccccc3-4)cc21. The molecule has 0 N–H and O–H groups in total. The number of thiophene rings is 1. The Kier molecular flexibility index (Phi) is 7.89. The Morgan fingerprint density at radius 3 is 1.36 bits per heavy atom. The van der Waals surface area contributed by atoms with Gasteiger partial charge in [0.2, 0.25) is 0 Å². The van der Waals surface area contributed by atoms with Crippen LogP contribution in [-0.4, -0.2) is 0 Å². The lowest BCUT2D eigenvalue weighted by atomic mass is 9.66. The zero-order valence-corrected chi connectivity index (χ0v) is 37.5. The maximum atomic E-state index is 2.53. The molecule has 0 unspecified atom stereocenters. The Labute approximate surface area is 389 Å². The summed E-state index contributed by atoms with van der Waals surface area (Å²) in [4.78, 5) is 2.50. The molecular formula is C64H43NS. The monoisotopic (exact) mass is 857 g/mol. The highest BCUT2D eigenvalue weighted by atomic mass is 32.1. The summed E-state index contributed by atoms with van der Waals surface area (Å²) < 4.78 is 2.65. The summed E-state index contributed by atoms with van der Waals surface area (Å²) in [6.07, 6.45) is 0. The van der Waals surface area contributed by atoms with Gasteiger partial charge in [-0.05, 0) is 131 Å². The van der Waals surface area contributed by atoms with E-state index in [-0.39, 0.29) is 5.41 Å². The second-order valence-corrected chi connectivity index (χ2v) is 19.8. The van der Waals surface area contributed by atoms with Gasteiger partial charge in [0, 0.05) is 42.6 Å². The number of anilines is 3. The molecule has 1 aromatic heterocycles. The van der Waals surface area contributed by atoms with Crippen molar-refractivity contribution in [2.75, 3.05) is 4.90 Å². The lowest BCUT2D eigenvalue weighted by Crippen LogP contribution is -2.29. The zero-order valence-electron chi connectivity index (χ0n) is 36.7. The predicted octanol–water partition coefficient (Wildman–Crippen LogP) is 17.5. The van der Waals surface area contributed by atoms with Crippen LogP contribution in [0.1, 0.15) is 47.2 Å². The van der Waals surface area contributed by atoms with Crippen LogP contribution in [0.5, 0.6) is 0 Å². The Hall–Kier alpha value is -7.78. The van der Waals surface area contributed by atoms with Gasteiger partial charge in [-0.2, -0.15) is 0 Å². The number of fused-ring (bicyclic) bond motifs is 18. The minimum absolute atomic E-state index is 0.146. The number of nitrogens with zero attached hydrogens (tertiary/aromatic N) is 1. The van der Waals surface area contributed by atoms with Crippen LogP contribution in [0.25, 0.3) is 75.8 Å². The maximum absolute atomic E-state index is 2.53. The van der Waals surface area contributed by atoms with Crippen LogP contribution < -0.4 is 4.90 Å². The van der Waals surface area contributed by atoms with Crippen LogP contribution in [-0.2, 0) is 10.8 Å². The van der Waals surface area contributed by atoms with E-state index in [1.54, 1.807) is 0 Å². The highest BCUT2D eigenvalue weighted by Crippen LogP contribution is 2.62. The van der Waals surface area contributed by atoms with E-state index in [4.69, 9.17) is 0 Å². The summed E-state index contributed by atoms with van der Waals surface area (Å²) in [5.41, 5.74) is 23.5. The summed E-state index contributed by atoms with van der Waals surface area (Å²) in [6, 6.07) is 84.7. The molecule has 11 aromatic rings. The first-order chi connectivity index (χ1) is 32.5. The summed E-state index contributed by atoms with van der Waals surface area (Å²) in [7, 11) is 0. The molecule has 0 saturated carbocycles. The van der Waals surface area contributed by atoms with Crippen molar-refractivity contribution in [2.24, 2.45) is 0 Å². The number of hydrogen-bond donors (Lipinski definition) is 0. The standard InChI is InChI=1S/C64H43NS/c1-63(2)55-25-10-5-20-49(55)51-36-34-42(38-59(51)63)65(41-32-30-40(31-33-41)44-23-15-24-54-53-22-9-14-29-61(53)66-62(44)54)43-35-37-52-50-21-8-13-28-58(50)64(60(52)39-43)56-26-11-6-18-47(56)45-16-3-4-17-46(45)48-19-7-12-27-57(48)64/h3-39H,1-2H3. The van der Waals surface area contributed by atoms with Crippen molar-refractivity contribution in [3.63, 3.8) is 0 Å². The van der Waals surface area contributed by atoms with E-state index in [0.29, 0.717) is 0 Å². The fraction of sp³-hybridized carbons (Fsp3) is 0.0625. The van der Waals surface area contributed by atoms with Gasteiger partial charge in [0.1, 0.15) is 0 Å². The Morgan fingerprint density at radius 2 is 0.742 bits per heavy atom. The van der Waals surface area contributed by atoms with Crippen molar-refractivity contribution in [1.82, 2.24) is 0 Å². The summed E-state index contributed by atoms with van der Waals surface area (Å²) >= 11 is 1.89. The molecule has 3 aliphatic carbocycles. The minimum atomic E-state index is -0.575. The van der Waals surface area contributed by atoms with Gasteiger partial charge in [0.05, 0.1) is 5.41 Å². The summed E-state index contributed by atoms with van der Waals surface area (Å²) in [5.74, 6) is 0. The largest absolute Gasteiger partial charge is 0.310 e. The van der Waals surface area contributed by atoms with Crippen LogP contribution in [0.15, 0.2) is 224 Å². The molecule has 10 aromatic carbocycles. The van der Waals surface area contributed by atoms with Crippen molar-refractivity contribution in [3.8, 4) is 55.6 Å². The van der Waals surface area contributed by atoms with Crippen molar-refractivity contribution in [2.45, 2.75) is 24.7 Å². The molecule has 310 valence electrons. The molecule has 0 saturated heterocycles. The molecule has 0 amide bonds. The second kappa shape index (κ2) is 13.9. The quantitative estimate of drug-likeness (QED) is 0.170. The predicted molar refractivity (Wildman–Crippen MR) is 279 cm³/mol. The van der Waals surface area contributed by atoms with Gasteiger partial charge in [-0.1, -0.05) is 196 Å². The van der Waals surface area contributed by atoms with E-state index in [1.165, 1.54) is 109 Å². The molecule has 2 heteroatoms. The normalized spacial score (nSPS) is 14.2. The Morgan fingerprint density at radius 1 is 0.318 bits per heavy atom. The van der Waals surface area contributed by atoms with E-state index in [1.807, 2.05) is 11.3 Å². The second-order valence-electron chi connectivity index (χ2n) is 18.7. The third-order valence-electron chi connectivity index (χ3n) is 15.1. The molecule has 0 bridgehead atoms. The molecule has 66 heavy (non-hydrogen) atoms. The lowest BCUT2D eigenvalue weighted by Gasteiger charge is -2.36. The Balaban J connectivity index is 1.01. The van der Waals surface area contributed by atoms with Crippen LogP contribution in [0.2, 0.25) is 0 Å². The van der Waals surface area contributed by atoms with Crippen LogP contribution in [0, 0.1) is 0 Å². The van der Waals surface area contributed by atoms with Gasteiger partial charge in [-0.3, -0.25) is 0 Å². The van der Waals surface area contributed by atoms with Crippen LogP contribution >= 0.6 is 11.3 Å². The smallest absolute Gasteiger partial charge is 0.0726 e. The first-order valence-corrected chi connectivity index (χ1v) is 23.9. The summed E-state index contributed by atoms with van der Waals surface area (Å²) in [6.45, 7) is 4.76. The lowest BCUT2D eigenvalue weighted by molar-refractivity contribution is 0.660. The topological polar surface area (TPSA) is 3.24 Å². The van der Waals surface area contributed by atoms with Gasteiger partial charge in [0.15, 0.2) is 0 Å². The van der Waals surface area contributed by atoms with E-state index in [2.05, 4.69) is 243 Å².